The van der Waals surface area contributed by atoms with E-state index in [1.807, 2.05) is 51.1 Å². The number of nitro groups is 1. The van der Waals surface area contributed by atoms with Crippen LogP contribution in [0.1, 0.15) is 39.7 Å². The molecule has 0 fully saturated rings. The minimum atomic E-state index is -4.31. The van der Waals surface area contributed by atoms with Crippen molar-refractivity contribution in [2.75, 3.05) is 17.4 Å². The van der Waals surface area contributed by atoms with Crippen molar-refractivity contribution in [2.24, 2.45) is 0 Å². The quantitative estimate of drug-likeness (QED) is 0.247. The molecule has 0 unspecified atom stereocenters. The van der Waals surface area contributed by atoms with Crippen molar-refractivity contribution in [1.29, 1.82) is 0 Å². The normalized spacial score (nSPS) is 12.3. The second-order valence-corrected chi connectivity index (χ2v) is 12.5. The molecule has 1 N–H and O–H groups in total. The van der Waals surface area contributed by atoms with E-state index in [9.17, 15) is 28.1 Å². The van der Waals surface area contributed by atoms with E-state index >= 15 is 0 Å². The average molecular weight is 581 g/mol. The molecule has 3 aromatic carbocycles. The summed E-state index contributed by atoms with van der Waals surface area (Å²) in [5, 5.41) is 14.4. The van der Waals surface area contributed by atoms with E-state index in [4.69, 9.17) is 0 Å². The topological polar surface area (TPSA) is 130 Å². The number of nitrogens with one attached hydrogen (secondary N) is 1. The predicted molar refractivity (Wildman–Crippen MR) is 158 cm³/mol. The molecule has 3 aromatic rings. The van der Waals surface area contributed by atoms with E-state index in [0.29, 0.717) is 12.8 Å². The van der Waals surface area contributed by atoms with Crippen LogP contribution in [-0.4, -0.2) is 54.7 Å². The Bertz CT molecular complexity index is 1460. The van der Waals surface area contributed by atoms with Gasteiger partial charge in [-0.25, -0.2) is 8.42 Å². The number of carbonyl (C=O) groups excluding carboxylic acids is 2. The highest BCUT2D eigenvalue weighted by Crippen LogP contribution is 2.27. The van der Waals surface area contributed by atoms with Gasteiger partial charge in [0.2, 0.25) is 11.8 Å². The zero-order valence-corrected chi connectivity index (χ0v) is 24.5. The maximum atomic E-state index is 14.0. The third kappa shape index (κ3) is 8.37. The first kappa shape index (κ1) is 31.3. The van der Waals surface area contributed by atoms with Gasteiger partial charge in [-0.2, -0.15) is 0 Å². The number of nitrogens with zero attached hydrogens (tertiary/aromatic N) is 3. The largest absolute Gasteiger partial charge is 0.350 e. The molecule has 0 saturated carbocycles. The molecule has 41 heavy (non-hydrogen) atoms. The number of hydrogen-bond acceptors (Lipinski definition) is 6. The van der Waals surface area contributed by atoms with Gasteiger partial charge in [-0.3, -0.25) is 24.0 Å². The molecule has 0 aromatic heterocycles. The Balaban J connectivity index is 2.05. The van der Waals surface area contributed by atoms with Crippen LogP contribution in [0.4, 0.5) is 11.4 Å². The van der Waals surface area contributed by atoms with E-state index in [1.54, 1.807) is 25.1 Å². The van der Waals surface area contributed by atoms with Crippen molar-refractivity contribution < 1.29 is 22.9 Å². The van der Waals surface area contributed by atoms with Crippen molar-refractivity contribution in [2.45, 2.75) is 57.0 Å². The Kier molecular flexibility index (Phi) is 10.2. The molecule has 0 bridgehead atoms. The minimum Gasteiger partial charge on any atom is -0.350 e. The molecule has 0 saturated heterocycles. The summed E-state index contributed by atoms with van der Waals surface area (Å²) in [4.78, 5) is 39.5. The van der Waals surface area contributed by atoms with Gasteiger partial charge < -0.3 is 10.2 Å². The van der Waals surface area contributed by atoms with Crippen LogP contribution < -0.4 is 9.62 Å². The Labute approximate surface area is 241 Å². The van der Waals surface area contributed by atoms with Crippen molar-refractivity contribution in [3.05, 3.63) is 101 Å². The summed E-state index contributed by atoms with van der Waals surface area (Å²) in [5.41, 5.74) is 0.0418. The van der Waals surface area contributed by atoms with Crippen LogP contribution in [0.5, 0.6) is 0 Å². The maximum Gasteiger partial charge on any atom is 0.271 e. The average Bonchev–Trinajstić information content (AvgIpc) is 2.93. The minimum absolute atomic E-state index is 0.0356. The molecular formula is C30H36N4O6S. The van der Waals surface area contributed by atoms with Crippen LogP contribution in [0.25, 0.3) is 0 Å². The molecule has 1 atom stereocenters. The predicted octanol–water partition coefficient (Wildman–Crippen LogP) is 4.55. The standard InChI is InChI=1S/C30H36N4O6S/c1-5-27(29(36)31-30(2,3)4)32(20-19-23-13-8-6-9-14-23)28(35)22-33(24-15-12-16-25(21-24)34(37)38)41(39,40)26-17-10-7-11-18-26/h6-18,21,27H,5,19-20,22H2,1-4H3,(H,31,36)/t27-/m0/s1. The highest BCUT2D eigenvalue weighted by atomic mass is 32.2. The van der Waals surface area contributed by atoms with E-state index < -0.39 is 39.0 Å². The molecule has 0 radical (unpaired) electrons. The lowest BCUT2D eigenvalue weighted by atomic mass is 10.1. The number of benzene rings is 3. The van der Waals surface area contributed by atoms with Crippen LogP contribution in [0.2, 0.25) is 0 Å². The molecule has 0 aliphatic rings. The first-order valence-electron chi connectivity index (χ1n) is 13.3. The fourth-order valence-corrected chi connectivity index (χ4v) is 5.79. The SMILES string of the molecule is CC[C@@H](C(=O)NC(C)(C)C)N(CCc1ccccc1)C(=O)CN(c1cccc([N+](=O)[O-])c1)S(=O)(=O)c1ccccc1. The van der Waals surface area contributed by atoms with Gasteiger partial charge in [0, 0.05) is 24.2 Å². The number of carbonyl (C=O) groups is 2. The first-order valence-corrected chi connectivity index (χ1v) is 14.7. The van der Waals surface area contributed by atoms with Gasteiger partial charge in [-0.15, -0.1) is 0 Å². The summed E-state index contributed by atoms with van der Waals surface area (Å²) >= 11 is 0. The van der Waals surface area contributed by atoms with Crippen molar-refractivity contribution in [3.63, 3.8) is 0 Å². The molecular weight excluding hydrogens is 544 g/mol. The molecule has 2 amide bonds. The number of sulfonamides is 1. The highest BCUT2D eigenvalue weighted by Gasteiger charge is 2.34. The lowest BCUT2D eigenvalue weighted by Gasteiger charge is -2.34. The summed E-state index contributed by atoms with van der Waals surface area (Å²) in [6.45, 7) is 6.80. The van der Waals surface area contributed by atoms with Gasteiger partial charge in [0.1, 0.15) is 12.6 Å². The number of amides is 2. The van der Waals surface area contributed by atoms with Crippen LogP contribution in [0.15, 0.2) is 89.8 Å². The molecule has 3 rings (SSSR count). The van der Waals surface area contributed by atoms with Crippen LogP contribution in [-0.2, 0) is 26.0 Å². The monoisotopic (exact) mass is 580 g/mol. The highest BCUT2D eigenvalue weighted by molar-refractivity contribution is 7.92. The maximum absolute atomic E-state index is 14.0. The first-order chi connectivity index (χ1) is 19.3. The summed E-state index contributed by atoms with van der Waals surface area (Å²) in [6.07, 6.45) is 0.735. The Morgan fingerprint density at radius 1 is 0.951 bits per heavy atom. The van der Waals surface area contributed by atoms with Gasteiger partial charge in [0.05, 0.1) is 15.5 Å². The van der Waals surface area contributed by atoms with Gasteiger partial charge in [0.15, 0.2) is 0 Å². The molecule has 10 nitrogen and oxygen atoms in total. The van der Waals surface area contributed by atoms with Crippen molar-refractivity contribution in [1.82, 2.24) is 10.2 Å². The number of nitro benzene ring substituents is 1. The van der Waals surface area contributed by atoms with Crippen LogP contribution >= 0.6 is 0 Å². The van der Waals surface area contributed by atoms with E-state index in [-0.39, 0.29) is 28.7 Å². The Morgan fingerprint density at radius 2 is 1.56 bits per heavy atom. The zero-order chi connectivity index (χ0) is 30.2. The number of hydrogen-bond donors (Lipinski definition) is 1. The van der Waals surface area contributed by atoms with Gasteiger partial charge in [-0.1, -0.05) is 61.5 Å². The Morgan fingerprint density at radius 3 is 2.12 bits per heavy atom. The van der Waals surface area contributed by atoms with E-state index in [2.05, 4.69) is 5.32 Å². The van der Waals surface area contributed by atoms with Crippen molar-refractivity contribution >= 4 is 33.2 Å². The molecule has 0 spiro atoms. The number of rotatable bonds is 12. The van der Waals surface area contributed by atoms with Gasteiger partial charge in [-0.05, 0) is 57.4 Å². The smallest absolute Gasteiger partial charge is 0.271 e. The van der Waals surface area contributed by atoms with E-state index in [1.165, 1.54) is 35.2 Å². The molecule has 218 valence electrons. The fourth-order valence-electron chi connectivity index (χ4n) is 4.36. The fraction of sp³-hybridized carbons (Fsp3) is 0.333. The third-order valence-electron chi connectivity index (χ3n) is 6.31. The molecule has 0 heterocycles. The summed E-state index contributed by atoms with van der Waals surface area (Å²) < 4.78 is 28.5. The second-order valence-electron chi connectivity index (χ2n) is 10.6. The van der Waals surface area contributed by atoms with Crippen LogP contribution in [0, 0.1) is 10.1 Å². The van der Waals surface area contributed by atoms with Gasteiger partial charge in [0.25, 0.3) is 15.7 Å². The summed E-state index contributed by atoms with van der Waals surface area (Å²) in [5.74, 6) is -0.961. The second kappa shape index (κ2) is 13.4. The molecule has 11 heteroatoms. The number of anilines is 1. The van der Waals surface area contributed by atoms with Gasteiger partial charge >= 0.3 is 0 Å². The molecule has 0 aliphatic heterocycles. The summed E-state index contributed by atoms with van der Waals surface area (Å²) in [6, 6.07) is 21.3. The lowest BCUT2D eigenvalue weighted by Crippen LogP contribution is -2.56. The Hall–Kier alpha value is -4.25. The van der Waals surface area contributed by atoms with E-state index in [0.717, 1.165) is 15.9 Å². The zero-order valence-electron chi connectivity index (χ0n) is 23.7. The van der Waals surface area contributed by atoms with Crippen LogP contribution in [0.3, 0.4) is 0 Å². The molecule has 0 aliphatic carbocycles. The van der Waals surface area contributed by atoms with Crippen molar-refractivity contribution in [3.8, 4) is 0 Å². The lowest BCUT2D eigenvalue weighted by molar-refractivity contribution is -0.384. The summed E-state index contributed by atoms with van der Waals surface area (Å²) in [7, 11) is -4.31. The third-order valence-corrected chi connectivity index (χ3v) is 8.10. The number of non-ortho nitro benzene ring substituents is 1.